The molecule has 13 heteroatoms. The van der Waals surface area contributed by atoms with E-state index in [1.165, 1.54) is 18.2 Å². The van der Waals surface area contributed by atoms with Crippen molar-refractivity contribution >= 4 is 29.9 Å². The van der Waals surface area contributed by atoms with Crippen LogP contribution in [0.15, 0.2) is 42.7 Å². The second kappa shape index (κ2) is 9.50. The normalized spacial score (nSPS) is 18.6. The van der Waals surface area contributed by atoms with E-state index in [1.54, 1.807) is 28.9 Å². The van der Waals surface area contributed by atoms with E-state index in [0.717, 1.165) is 22.9 Å². The molecule has 1 unspecified atom stereocenters. The van der Waals surface area contributed by atoms with E-state index in [9.17, 15) is 18.0 Å². The first kappa shape index (κ1) is 25.8. The van der Waals surface area contributed by atoms with E-state index in [0.29, 0.717) is 31.4 Å². The highest BCUT2D eigenvalue weighted by atomic mass is 32.1. The molecule has 0 bridgehead atoms. The number of nitrogens with zero attached hydrogens (tertiary/aromatic N) is 6. The Kier molecular flexibility index (Phi) is 6.46. The maximum atomic E-state index is 15.1. The van der Waals surface area contributed by atoms with Gasteiger partial charge in [0.15, 0.2) is 22.8 Å². The molecule has 0 radical (unpaired) electrons. The zero-order valence-electron chi connectivity index (χ0n) is 20.1. The summed E-state index contributed by atoms with van der Waals surface area (Å²) >= 11 is 4.58. The van der Waals surface area contributed by atoms with Crippen LogP contribution >= 0.6 is 12.6 Å². The summed E-state index contributed by atoms with van der Waals surface area (Å²) in [5.41, 5.74) is -3.03. The Morgan fingerprint density at radius 2 is 2.00 bits per heavy atom. The largest absolute Gasteiger partial charge is 0.490 e. The quantitative estimate of drug-likeness (QED) is 0.363. The Morgan fingerprint density at radius 3 is 2.58 bits per heavy atom. The summed E-state index contributed by atoms with van der Waals surface area (Å²) < 4.78 is 63.1. The number of nitriles is 1. The lowest BCUT2D eigenvalue weighted by molar-refractivity contribution is -0.138. The molecule has 0 N–H and O–H groups in total. The lowest BCUT2D eigenvalue weighted by Crippen LogP contribution is -2.55. The van der Waals surface area contributed by atoms with Gasteiger partial charge in [0.2, 0.25) is 0 Å². The number of anilines is 2. The Bertz CT molecular complexity index is 1430. The van der Waals surface area contributed by atoms with Gasteiger partial charge < -0.3 is 9.64 Å². The van der Waals surface area contributed by atoms with Crippen molar-refractivity contribution in [2.75, 3.05) is 16.4 Å². The Morgan fingerprint density at radius 1 is 1.24 bits per heavy atom. The molecule has 2 aromatic heterocycles. The number of halogens is 4. The maximum absolute atomic E-state index is 15.1. The minimum atomic E-state index is -4.84. The number of carbonyl (C=O) groups is 1. The molecule has 1 aromatic carbocycles. The summed E-state index contributed by atoms with van der Waals surface area (Å²) in [6.07, 6.45) is -0.0364. The van der Waals surface area contributed by atoms with Gasteiger partial charge >= 0.3 is 6.18 Å². The van der Waals surface area contributed by atoms with Gasteiger partial charge in [0, 0.05) is 37.1 Å². The van der Waals surface area contributed by atoms with Crippen molar-refractivity contribution in [3.63, 3.8) is 0 Å². The van der Waals surface area contributed by atoms with Crippen LogP contribution in [0.4, 0.5) is 28.9 Å². The van der Waals surface area contributed by atoms with E-state index in [2.05, 4.69) is 22.7 Å². The predicted octanol–water partition coefficient (Wildman–Crippen LogP) is 4.46. The van der Waals surface area contributed by atoms with Crippen LogP contribution in [-0.4, -0.2) is 38.3 Å². The molecule has 1 aliphatic carbocycles. The molecule has 198 valence electrons. The maximum Gasteiger partial charge on any atom is 0.419 e. The van der Waals surface area contributed by atoms with Crippen molar-refractivity contribution < 1.29 is 27.1 Å². The molecule has 1 spiro atoms. The van der Waals surface area contributed by atoms with Crippen molar-refractivity contribution in [2.45, 2.75) is 42.9 Å². The predicted molar refractivity (Wildman–Crippen MR) is 132 cm³/mol. The van der Waals surface area contributed by atoms with Gasteiger partial charge in [-0.15, -0.1) is 12.6 Å². The summed E-state index contributed by atoms with van der Waals surface area (Å²) in [7, 11) is 1.80. The molecule has 3 heterocycles. The Balaban J connectivity index is 1.43. The van der Waals surface area contributed by atoms with Gasteiger partial charge in [-0.1, -0.05) is 0 Å². The molecule has 1 aliphatic heterocycles. The SMILES string of the molecule is Cn1nccc1CCOc1ccc(N2C(S)N(c3cnc(C#N)c(C(F)(F)F)c3)C(=O)C23CCC3)cc1F. The first-order valence-electron chi connectivity index (χ1n) is 11.7. The molecule has 3 aromatic rings. The van der Waals surface area contributed by atoms with Crippen LogP contribution in [0.5, 0.6) is 5.75 Å². The zero-order chi connectivity index (χ0) is 27.2. The number of carbonyl (C=O) groups excluding carboxylic acids is 1. The minimum Gasteiger partial charge on any atom is -0.490 e. The highest BCUT2D eigenvalue weighted by molar-refractivity contribution is 7.81. The topological polar surface area (TPSA) is 87.3 Å². The summed E-state index contributed by atoms with van der Waals surface area (Å²) in [4.78, 5) is 20.0. The molecular formula is C25H22F4N6O2S. The summed E-state index contributed by atoms with van der Waals surface area (Å²) in [6, 6.07) is 8.28. The molecule has 1 amide bonds. The fourth-order valence-electron chi connectivity index (χ4n) is 4.93. The van der Waals surface area contributed by atoms with E-state index in [1.807, 2.05) is 6.07 Å². The molecule has 8 nitrogen and oxygen atoms in total. The molecule has 2 fully saturated rings. The number of alkyl halides is 3. The van der Waals surface area contributed by atoms with Crippen LogP contribution in [0.1, 0.15) is 36.2 Å². The number of hydrogen-bond donors (Lipinski definition) is 1. The summed E-state index contributed by atoms with van der Waals surface area (Å²) in [6.45, 7) is 0.220. The van der Waals surface area contributed by atoms with E-state index in [4.69, 9.17) is 10.00 Å². The fraction of sp³-hybridized carbons (Fsp3) is 0.360. The molecule has 1 atom stereocenters. The standard InChI is InChI=1S/C25H22F4N6O2S/c1-33-15(5-9-32-33)6-10-37-21-4-3-16(12-19(21)26)35-23(38)34(22(36)24(35)7-2-8-24)17-11-18(25(27,28)29)20(13-30)31-14-17/h3-5,9,11-12,14,23,38H,2,6-8,10H2,1H3. The van der Waals surface area contributed by atoms with Crippen molar-refractivity contribution in [2.24, 2.45) is 7.05 Å². The smallest absolute Gasteiger partial charge is 0.419 e. The van der Waals surface area contributed by atoms with E-state index >= 15 is 4.39 Å². The van der Waals surface area contributed by atoms with Gasteiger partial charge in [0.25, 0.3) is 5.91 Å². The van der Waals surface area contributed by atoms with Gasteiger partial charge in [-0.3, -0.25) is 14.4 Å². The number of benzene rings is 1. The third kappa shape index (κ3) is 4.22. The number of rotatable bonds is 6. The van der Waals surface area contributed by atoms with E-state index in [-0.39, 0.29) is 18.0 Å². The first-order chi connectivity index (χ1) is 18.1. The third-order valence-corrected chi connectivity index (χ3v) is 7.48. The van der Waals surface area contributed by atoms with Gasteiger partial charge in [-0.2, -0.15) is 23.5 Å². The van der Waals surface area contributed by atoms with Crippen LogP contribution in [0.25, 0.3) is 0 Å². The van der Waals surface area contributed by atoms with Crippen molar-refractivity contribution in [3.8, 4) is 11.8 Å². The van der Waals surface area contributed by atoms with Crippen molar-refractivity contribution in [1.82, 2.24) is 14.8 Å². The monoisotopic (exact) mass is 546 g/mol. The van der Waals surface area contributed by atoms with Crippen LogP contribution in [-0.2, 0) is 24.4 Å². The summed E-state index contributed by atoms with van der Waals surface area (Å²) in [5.74, 6) is -1.07. The average Bonchev–Trinajstić information content (AvgIpc) is 3.36. The van der Waals surface area contributed by atoms with Gasteiger partial charge in [-0.05, 0) is 43.5 Å². The van der Waals surface area contributed by atoms with Crippen molar-refractivity contribution in [3.05, 3.63) is 65.5 Å². The molecule has 1 saturated carbocycles. The van der Waals surface area contributed by atoms with E-state index < -0.39 is 40.2 Å². The fourth-order valence-corrected chi connectivity index (χ4v) is 5.52. The van der Waals surface area contributed by atoms with Gasteiger partial charge in [0.1, 0.15) is 11.6 Å². The molecule has 5 rings (SSSR count). The number of hydrogen-bond acceptors (Lipinski definition) is 7. The second-order valence-electron chi connectivity index (χ2n) is 9.14. The molecular weight excluding hydrogens is 524 g/mol. The lowest BCUT2D eigenvalue weighted by Gasteiger charge is -2.44. The number of pyridine rings is 1. The number of aryl methyl sites for hydroxylation is 1. The molecule has 38 heavy (non-hydrogen) atoms. The number of amides is 1. The first-order valence-corrected chi connectivity index (χ1v) is 12.3. The third-order valence-electron chi connectivity index (χ3n) is 7.02. The lowest BCUT2D eigenvalue weighted by atomic mass is 9.75. The highest BCUT2D eigenvalue weighted by Gasteiger charge is 2.60. The van der Waals surface area contributed by atoms with Crippen LogP contribution in [0.2, 0.25) is 0 Å². The van der Waals surface area contributed by atoms with Gasteiger partial charge in [0.05, 0.1) is 24.1 Å². The van der Waals surface area contributed by atoms with Crippen molar-refractivity contribution in [1.29, 1.82) is 5.26 Å². The molecule has 1 saturated heterocycles. The summed E-state index contributed by atoms with van der Waals surface area (Å²) in [5, 5.41) is 13.1. The number of thiol groups is 1. The molecule has 2 aliphatic rings. The minimum absolute atomic E-state index is 0.0304. The van der Waals surface area contributed by atoms with Crippen LogP contribution in [0.3, 0.4) is 0 Å². The van der Waals surface area contributed by atoms with Gasteiger partial charge in [-0.25, -0.2) is 9.37 Å². The number of aromatic nitrogens is 3. The highest BCUT2D eigenvalue weighted by Crippen LogP contribution is 2.50. The second-order valence-corrected chi connectivity index (χ2v) is 9.60. The zero-order valence-corrected chi connectivity index (χ0v) is 21.0. The number of ether oxygens (including phenoxy) is 1. The Labute approximate surface area is 220 Å². The van der Waals surface area contributed by atoms with Crippen LogP contribution in [0, 0.1) is 17.1 Å². The average molecular weight is 547 g/mol. The Hall–Kier alpha value is -3.79. The van der Waals surface area contributed by atoms with Crippen LogP contribution < -0.4 is 14.5 Å².